The molecule has 7 nitrogen and oxygen atoms in total. The summed E-state index contributed by atoms with van der Waals surface area (Å²) in [5, 5.41) is 2.47. The molecule has 1 aromatic rings. The maximum atomic E-state index is 12.6. The van der Waals surface area contributed by atoms with E-state index in [0.29, 0.717) is 0 Å². The quantitative estimate of drug-likeness (QED) is 0.802. The number of aryl methyl sites for hydroxylation is 2. The van der Waals surface area contributed by atoms with E-state index in [9.17, 15) is 13.2 Å². The van der Waals surface area contributed by atoms with Gasteiger partial charge >= 0.3 is 6.09 Å². The van der Waals surface area contributed by atoms with Gasteiger partial charge in [0.05, 0.1) is 5.75 Å². The Kier molecular flexibility index (Phi) is 4.95. The third-order valence-corrected chi connectivity index (χ3v) is 7.01. The molecule has 1 amide bonds. The van der Waals surface area contributed by atoms with Crippen molar-refractivity contribution in [3.05, 3.63) is 21.4 Å². The van der Waals surface area contributed by atoms with Gasteiger partial charge in [-0.1, -0.05) is 0 Å². The molecular weight excluding hydrogens is 362 g/mol. The number of rotatable bonds is 1. The van der Waals surface area contributed by atoms with Gasteiger partial charge in [-0.05, 0) is 53.2 Å². The van der Waals surface area contributed by atoms with Crippen LogP contribution in [0.25, 0.3) is 0 Å². The molecular formula is C16H25N3O4S2. The summed E-state index contributed by atoms with van der Waals surface area (Å²) in [6, 6.07) is 2.01. The first-order valence-electron chi connectivity index (χ1n) is 7.87. The highest BCUT2D eigenvalue weighted by atomic mass is 32.2. The Balaban J connectivity index is 2.44. The van der Waals surface area contributed by atoms with Gasteiger partial charge in [0.1, 0.15) is 11.1 Å². The molecule has 1 aromatic heterocycles. The van der Waals surface area contributed by atoms with Crippen molar-refractivity contribution >= 4 is 33.4 Å². The fourth-order valence-corrected chi connectivity index (χ4v) is 5.38. The van der Waals surface area contributed by atoms with Crippen LogP contribution >= 0.6 is 11.3 Å². The summed E-state index contributed by atoms with van der Waals surface area (Å²) in [6.07, 6.45) is -0.739. The number of sulfonamides is 1. The third-order valence-electron chi connectivity index (χ3n) is 3.67. The van der Waals surface area contributed by atoms with E-state index in [0.717, 1.165) is 19.6 Å². The normalized spacial score (nSPS) is 23.2. The molecule has 9 heteroatoms. The molecule has 2 heterocycles. The molecule has 25 heavy (non-hydrogen) atoms. The average Bonchev–Trinajstić information content (AvgIpc) is 2.72. The van der Waals surface area contributed by atoms with Crippen LogP contribution in [0.5, 0.6) is 0 Å². The molecule has 0 aliphatic carbocycles. The zero-order valence-corrected chi connectivity index (χ0v) is 17.3. The van der Waals surface area contributed by atoms with Crippen molar-refractivity contribution in [2.45, 2.75) is 52.7 Å². The summed E-state index contributed by atoms with van der Waals surface area (Å²) >= 11 is 1.52. The van der Waals surface area contributed by atoms with Gasteiger partial charge in [-0.25, -0.2) is 22.5 Å². The highest BCUT2D eigenvalue weighted by Crippen LogP contribution is 2.38. The number of aliphatic imine (C=N–C) groups is 1. The zero-order valence-electron chi connectivity index (χ0n) is 15.6. The lowest BCUT2D eigenvalue weighted by molar-refractivity contribution is 0.0559. The van der Waals surface area contributed by atoms with Gasteiger partial charge in [0, 0.05) is 16.8 Å². The Morgan fingerprint density at radius 1 is 1.40 bits per heavy atom. The molecule has 2 rings (SSSR count). The molecule has 0 saturated carbocycles. The highest BCUT2D eigenvalue weighted by molar-refractivity contribution is 7.89. The third kappa shape index (κ3) is 4.33. The number of alkyl carbamates (subject to hydrolysis) is 1. The number of carbonyl (C=O) groups excluding carboxylic acids is 1. The summed E-state index contributed by atoms with van der Waals surface area (Å²) in [6.45, 7) is 10.9. The van der Waals surface area contributed by atoms with Crippen molar-refractivity contribution in [3.63, 3.8) is 0 Å². The number of hydrogen-bond donors (Lipinski definition) is 1. The van der Waals surface area contributed by atoms with E-state index in [1.807, 2.05) is 19.9 Å². The Bertz CT molecular complexity index is 821. The average molecular weight is 388 g/mol. The summed E-state index contributed by atoms with van der Waals surface area (Å²) in [4.78, 5) is 18.6. The Hall–Kier alpha value is -1.61. The molecule has 0 aromatic carbocycles. The minimum absolute atomic E-state index is 0.0338. The topological polar surface area (TPSA) is 88.1 Å². The summed E-state index contributed by atoms with van der Waals surface area (Å²) in [5.41, 5.74) is -0.662. The predicted octanol–water partition coefficient (Wildman–Crippen LogP) is 2.74. The first-order valence-corrected chi connectivity index (χ1v) is 10.3. The maximum Gasteiger partial charge on any atom is 0.414 e. The van der Waals surface area contributed by atoms with Crippen LogP contribution in [0, 0.1) is 13.8 Å². The lowest BCUT2D eigenvalue weighted by atomic mass is 10.0. The number of nitrogens with one attached hydrogen (secondary N) is 1. The van der Waals surface area contributed by atoms with Crippen molar-refractivity contribution < 1.29 is 17.9 Å². The monoisotopic (exact) mass is 387 g/mol. The molecule has 0 saturated heterocycles. The van der Waals surface area contributed by atoms with Crippen LogP contribution in [0.3, 0.4) is 0 Å². The summed E-state index contributed by atoms with van der Waals surface area (Å²) in [7, 11) is -2.25. The van der Waals surface area contributed by atoms with E-state index in [1.165, 1.54) is 18.4 Å². The Morgan fingerprint density at radius 3 is 2.48 bits per heavy atom. The van der Waals surface area contributed by atoms with Crippen LogP contribution in [0.2, 0.25) is 0 Å². The molecule has 1 atom stereocenters. The molecule has 1 aliphatic rings. The van der Waals surface area contributed by atoms with Gasteiger partial charge in [-0.15, -0.1) is 11.3 Å². The van der Waals surface area contributed by atoms with E-state index < -0.39 is 27.3 Å². The lowest BCUT2D eigenvalue weighted by Gasteiger charge is -2.35. The number of thiophene rings is 1. The van der Waals surface area contributed by atoms with Gasteiger partial charge < -0.3 is 4.74 Å². The van der Waals surface area contributed by atoms with Crippen molar-refractivity contribution in [1.82, 2.24) is 9.62 Å². The number of amides is 1. The van der Waals surface area contributed by atoms with Crippen LogP contribution in [-0.4, -0.2) is 43.2 Å². The fraction of sp³-hybridized carbons (Fsp3) is 0.625. The number of carbonyl (C=O) groups is 1. The first-order chi connectivity index (χ1) is 11.2. The van der Waals surface area contributed by atoms with Crippen molar-refractivity contribution in [2.75, 3.05) is 12.8 Å². The van der Waals surface area contributed by atoms with E-state index in [2.05, 4.69) is 10.3 Å². The molecule has 0 bridgehead atoms. The largest absolute Gasteiger partial charge is 0.444 e. The van der Waals surface area contributed by atoms with Crippen LogP contribution in [-0.2, 0) is 20.3 Å². The van der Waals surface area contributed by atoms with E-state index in [1.54, 1.807) is 27.7 Å². The predicted molar refractivity (Wildman–Crippen MR) is 99.5 cm³/mol. The van der Waals surface area contributed by atoms with Gasteiger partial charge in [0.25, 0.3) is 0 Å². The molecule has 0 spiro atoms. The fourth-order valence-electron chi connectivity index (χ4n) is 2.71. The van der Waals surface area contributed by atoms with Crippen molar-refractivity contribution in [1.29, 1.82) is 0 Å². The van der Waals surface area contributed by atoms with Crippen molar-refractivity contribution in [3.8, 4) is 0 Å². The molecule has 1 N–H and O–H groups in total. The van der Waals surface area contributed by atoms with Gasteiger partial charge in [0.15, 0.2) is 0 Å². The first kappa shape index (κ1) is 19.7. The second-order valence-corrected chi connectivity index (χ2v) is 10.7. The van der Waals surface area contributed by atoms with Crippen LogP contribution in [0.4, 0.5) is 4.79 Å². The lowest BCUT2D eigenvalue weighted by Crippen LogP contribution is -2.54. The van der Waals surface area contributed by atoms with E-state index >= 15 is 0 Å². The molecule has 140 valence electrons. The summed E-state index contributed by atoms with van der Waals surface area (Å²) < 4.78 is 31.5. The van der Waals surface area contributed by atoms with Crippen molar-refractivity contribution in [2.24, 2.45) is 4.99 Å². The molecule has 0 unspecified atom stereocenters. The SMILES string of the molecule is Cc1cc(C)c([C@]2(C)CS(=O)(=O)N(C)C(NC(=O)OC(C)(C)C)=N2)s1. The van der Waals surface area contributed by atoms with Crippen LogP contribution in [0.1, 0.15) is 43.0 Å². The van der Waals surface area contributed by atoms with Crippen LogP contribution < -0.4 is 5.32 Å². The zero-order chi connectivity index (χ0) is 19.2. The molecule has 0 fully saturated rings. The van der Waals surface area contributed by atoms with E-state index in [-0.39, 0.29) is 11.7 Å². The Labute approximate surface area is 153 Å². The summed E-state index contributed by atoms with van der Waals surface area (Å²) in [5.74, 6) is -0.190. The number of nitrogens with zero attached hydrogens (tertiary/aromatic N) is 2. The van der Waals surface area contributed by atoms with E-state index in [4.69, 9.17) is 4.74 Å². The van der Waals surface area contributed by atoms with Gasteiger partial charge in [-0.2, -0.15) is 0 Å². The number of ether oxygens (including phenoxy) is 1. The van der Waals surface area contributed by atoms with Gasteiger partial charge in [-0.3, -0.25) is 5.32 Å². The minimum Gasteiger partial charge on any atom is -0.444 e. The standard InChI is InChI=1S/C16H25N3O4S2/c1-10-8-11(2)24-12(10)16(6)9-25(21,22)19(7)13(18-16)17-14(20)23-15(3,4)5/h8H,9H2,1-7H3,(H,17,18,20)/t16-/m0/s1. The second kappa shape index (κ2) is 6.28. The molecule has 0 radical (unpaired) electrons. The van der Waals surface area contributed by atoms with Gasteiger partial charge in [0.2, 0.25) is 16.0 Å². The Morgan fingerprint density at radius 2 is 2.00 bits per heavy atom. The molecule has 1 aliphatic heterocycles. The highest BCUT2D eigenvalue weighted by Gasteiger charge is 2.43. The number of guanidine groups is 1. The smallest absolute Gasteiger partial charge is 0.414 e. The van der Waals surface area contributed by atoms with Crippen LogP contribution in [0.15, 0.2) is 11.1 Å². The number of hydrogen-bond acceptors (Lipinski definition) is 6. The second-order valence-electron chi connectivity index (χ2n) is 7.43. The minimum atomic E-state index is -3.62. The maximum absolute atomic E-state index is 12.6.